The summed E-state index contributed by atoms with van der Waals surface area (Å²) in [5.41, 5.74) is 0.732. The van der Waals surface area contributed by atoms with E-state index in [-0.39, 0.29) is 4.90 Å². The first-order chi connectivity index (χ1) is 7.07. The third kappa shape index (κ3) is 2.07. The zero-order valence-corrected chi connectivity index (χ0v) is 8.90. The van der Waals surface area contributed by atoms with E-state index in [0.717, 1.165) is 5.69 Å². The molecule has 0 saturated carbocycles. The average molecular weight is 221 g/mol. The number of benzene rings is 1. The van der Waals surface area contributed by atoms with Gasteiger partial charge in [-0.15, -0.1) is 0 Å². The third-order valence-electron chi connectivity index (χ3n) is 1.98. The largest absolute Gasteiger partial charge is 0.306 e. The highest BCUT2D eigenvalue weighted by atomic mass is 32.2. The molecule has 1 radical (unpaired) electrons. The van der Waals surface area contributed by atoms with Gasteiger partial charge in [-0.05, 0) is 24.3 Å². The van der Waals surface area contributed by atoms with Crippen LogP contribution < -0.4 is 0 Å². The van der Waals surface area contributed by atoms with Gasteiger partial charge in [0.2, 0.25) is 0 Å². The van der Waals surface area contributed by atoms with Gasteiger partial charge in [0, 0.05) is 24.3 Å². The summed E-state index contributed by atoms with van der Waals surface area (Å²) in [6.07, 6.45) is 6.16. The van der Waals surface area contributed by atoms with E-state index < -0.39 is 9.84 Å². The Kier molecular flexibility index (Phi) is 2.32. The Hall–Kier alpha value is -1.62. The third-order valence-corrected chi connectivity index (χ3v) is 3.07. The van der Waals surface area contributed by atoms with Crippen molar-refractivity contribution < 1.29 is 8.42 Å². The predicted molar refractivity (Wildman–Crippen MR) is 55.5 cm³/mol. The molecule has 0 spiro atoms. The van der Waals surface area contributed by atoms with Gasteiger partial charge in [0.15, 0.2) is 9.84 Å². The molecule has 0 unspecified atom stereocenters. The number of sulfone groups is 1. The maximum absolute atomic E-state index is 11.3. The van der Waals surface area contributed by atoms with E-state index in [4.69, 9.17) is 0 Å². The Morgan fingerprint density at radius 3 is 2.80 bits per heavy atom. The van der Waals surface area contributed by atoms with Crippen molar-refractivity contribution in [2.45, 2.75) is 4.90 Å². The van der Waals surface area contributed by atoms with Crippen LogP contribution in [0.15, 0.2) is 41.8 Å². The van der Waals surface area contributed by atoms with Crippen LogP contribution in [0.3, 0.4) is 0 Å². The van der Waals surface area contributed by atoms with Crippen LogP contribution in [0, 0.1) is 6.07 Å². The molecule has 2 aromatic rings. The topological polar surface area (TPSA) is 52.0 Å². The van der Waals surface area contributed by atoms with Crippen LogP contribution in [0.2, 0.25) is 0 Å². The number of rotatable bonds is 2. The van der Waals surface area contributed by atoms with Crippen LogP contribution in [0.4, 0.5) is 0 Å². The van der Waals surface area contributed by atoms with Crippen molar-refractivity contribution in [2.24, 2.45) is 0 Å². The number of nitrogens with zero attached hydrogens (tertiary/aromatic N) is 2. The first kappa shape index (κ1) is 9.92. The van der Waals surface area contributed by atoms with E-state index in [1.54, 1.807) is 35.4 Å². The van der Waals surface area contributed by atoms with Crippen LogP contribution in [-0.4, -0.2) is 24.2 Å². The van der Waals surface area contributed by atoms with Gasteiger partial charge in [0.05, 0.1) is 11.2 Å². The lowest BCUT2D eigenvalue weighted by Crippen LogP contribution is -1.99. The molecule has 0 saturated heterocycles. The van der Waals surface area contributed by atoms with Crippen molar-refractivity contribution in [3.63, 3.8) is 0 Å². The van der Waals surface area contributed by atoms with Crippen molar-refractivity contribution in [3.8, 4) is 5.69 Å². The predicted octanol–water partition coefficient (Wildman–Crippen LogP) is 1.08. The Balaban J connectivity index is 2.53. The zero-order valence-electron chi connectivity index (χ0n) is 8.08. The molecule has 1 aromatic carbocycles. The highest BCUT2D eigenvalue weighted by Crippen LogP contribution is 2.13. The lowest BCUT2D eigenvalue weighted by molar-refractivity contribution is 0.602. The molecule has 1 aromatic heterocycles. The lowest BCUT2D eigenvalue weighted by atomic mass is 10.3. The molecule has 15 heavy (non-hydrogen) atoms. The van der Waals surface area contributed by atoms with E-state index >= 15 is 0 Å². The summed E-state index contributed by atoms with van der Waals surface area (Å²) < 4.78 is 24.3. The molecule has 0 amide bonds. The minimum Gasteiger partial charge on any atom is -0.306 e. The lowest BCUT2D eigenvalue weighted by Gasteiger charge is -2.03. The Bertz CT molecular complexity index is 559. The fourth-order valence-corrected chi connectivity index (χ4v) is 1.83. The molecule has 0 aliphatic heterocycles. The first-order valence-electron chi connectivity index (χ1n) is 4.27. The summed E-state index contributed by atoms with van der Waals surface area (Å²) >= 11 is 0. The number of aromatic nitrogens is 2. The average Bonchev–Trinajstić information content (AvgIpc) is 2.69. The molecular weight excluding hydrogens is 212 g/mol. The second kappa shape index (κ2) is 3.51. The van der Waals surface area contributed by atoms with Gasteiger partial charge in [-0.3, -0.25) is 0 Å². The highest BCUT2D eigenvalue weighted by Gasteiger charge is 2.07. The number of hydrogen-bond donors (Lipinski definition) is 0. The molecule has 0 aliphatic rings. The van der Waals surface area contributed by atoms with Crippen LogP contribution in [0.1, 0.15) is 0 Å². The summed E-state index contributed by atoms with van der Waals surface area (Å²) in [6, 6.07) is 7.55. The van der Waals surface area contributed by atoms with Crippen LogP contribution in [0.25, 0.3) is 5.69 Å². The fraction of sp³-hybridized carbons (Fsp3) is 0.100. The van der Waals surface area contributed by atoms with Crippen molar-refractivity contribution in [1.82, 2.24) is 9.55 Å². The van der Waals surface area contributed by atoms with Crippen LogP contribution in [0.5, 0.6) is 0 Å². The van der Waals surface area contributed by atoms with E-state index in [2.05, 4.69) is 11.1 Å². The van der Waals surface area contributed by atoms with Crippen LogP contribution in [-0.2, 0) is 9.84 Å². The Morgan fingerprint density at radius 1 is 1.40 bits per heavy atom. The normalized spacial score (nSPS) is 11.5. The highest BCUT2D eigenvalue weighted by molar-refractivity contribution is 7.90. The molecule has 1 heterocycles. The molecule has 0 atom stereocenters. The Labute approximate surface area is 88.1 Å². The number of hydrogen-bond acceptors (Lipinski definition) is 3. The Morgan fingerprint density at radius 2 is 2.20 bits per heavy atom. The van der Waals surface area contributed by atoms with Crippen LogP contribution >= 0.6 is 0 Å². The van der Waals surface area contributed by atoms with Gasteiger partial charge in [-0.1, -0.05) is 0 Å². The maximum Gasteiger partial charge on any atom is 0.175 e. The summed E-state index contributed by atoms with van der Waals surface area (Å²) in [4.78, 5) is 4.15. The first-order valence-corrected chi connectivity index (χ1v) is 6.16. The molecule has 77 valence electrons. The van der Waals surface area contributed by atoms with E-state index in [0.29, 0.717) is 0 Å². The number of imidazole rings is 1. The SMILES string of the molecule is CS(=O)(=O)c1c[c]cc(-n2ccnc2)c1. The summed E-state index contributed by atoms with van der Waals surface area (Å²) in [5.74, 6) is 0. The molecular formula is C10H9N2O2S. The molecule has 0 aliphatic carbocycles. The van der Waals surface area contributed by atoms with E-state index in [1.165, 1.54) is 12.3 Å². The van der Waals surface area contributed by atoms with Crippen molar-refractivity contribution in [3.05, 3.63) is 43.0 Å². The summed E-state index contributed by atoms with van der Waals surface area (Å²) in [6.45, 7) is 0. The van der Waals surface area contributed by atoms with Crippen molar-refractivity contribution in [2.75, 3.05) is 6.26 Å². The smallest absolute Gasteiger partial charge is 0.175 e. The molecule has 4 nitrogen and oxygen atoms in total. The second-order valence-corrected chi connectivity index (χ2v) is 5.18. The zero-order chi connectivity index (χ0) is 10.9. The van der Waals surface area contributed by atoms with Gasteiger partial charge >= 0.3 is 0 Å². The molecule has 0 N–H and O–H groups in total. The minimum absolute atomic E-state index is 0.258. The van der Waals surface area contributed by atoms with E-state index in [9.17, 15) is 8.42 Å². The summed E-state index contributed by atoms with van der Waals surface area (Å²) in [5, 5.41) is 0. The molecule has 0 bridgehead atoms. The molecule has 0 fully saturated rings. The maximum atomic E-state index is 11.3. The van der Waals surface area contributed by atoms with Gasteiger partial charge < -0.3 is 4.57 Å². The van der Waals surface area contributed by atoms with Gasteiger partial charge in [0.25, 0.3) is 0 Å². The summed E-state index contributed by atoms with van der Waals surface area (Å²) in [7, 11) is -3.18. The molecule has 2 rings (SSSR count). The van der Waals surface area contributed by atoms with E-state index in [1.807, 2.05) is 0 Å². The van der Waals surface area contributed by atoms with Crippen molar-refractivity contribution >= 4 is 9.84 Å². The van der Waals surface area contributed by atoms with Gasteiger partial charge in [-0.25, -0.2) is 13.4 Å². The monoisotopic (exact) mass is 221 g/mol. The standard InChI is InChI=1S/C10H9N2O2S/c1-15(13,14)10-4-2-3-9(7-10)12-6-5-11-8-12/h3-8H,1H3. The van der Waals surface area contributed by atoms with Gasteiger partial charge in [-0.2, -0.15) is 0 Å². The fourth-order valence-electron chi connectivity index (χ4n) is 1.21. The minimum atomic E-state index is -3.18. The van der Waals surface area contributed by atoms with Crippen molar-refractivity contribution in [1.29, 1.82) is 0 Å². The second-order valence-electron chi connectivity index (χ2n) is 3.17. The van der Waals surface area contributed by atoms with Gasteiger partial charge in [0.1, 0.15) is 0 Å². The molecule has 5 heteroatoms. The quantitative estimate of drug-likeness (QED) is 0.762.